The summed E-state index contributed by atoms with van der Waals surface area (Å²) in [5.41, 5.74) is 7.95. The second-order valence-corrected chi connectivity index (χ2v) is 3.38. The van der Waals surface area contributed by atoms with Gasteiger partial charge in [0.05, 0.1) is 0 Å². The molecule has 2 rings (SSSR count). The third kappa shape index (κ3) is 1.81. The minimum Gasteiger partial charge on any atom is -0.384 e. The molecule has 0 aliphatic rings. The number of nitrogens with two attached hydrogens (primary N) is 1. The molecule has 2 nitrogen and oxygen atoms in total. The van der Waals surface area contributed by atoms with Gasteiger partial charge in [-0.2, -0.15) is 0 Å². The number of hydrogen-bond acceptors (Lipinski definition) is 2. The number of halogens is 1. The van der Waals surface area contributed by atoms with Crippen LogP contribution in [0, 0.1) is 12.7 Å². The van der Waals surface area contributed by atoms with E-state index in [2.05, 4.69) is 4.98 Å². The predicted octanol–water partition coefficient (Wildman–Crippen LogP) is 2.78. The largest absolute Gasteiger partial charge is 0.384 e. The van der Waals surface area contributed by atoms with Crippen LogP contribution in [0.4, 0.5) is 10.2 Å². The number of rotatable bonds is 1. The van der Waals surface area contributed by atoms with Crippen LogP contribution in [0.2, 0.25) is 0 Å². The third-order valence-electron chi connectivity index (χ3n) is 2.36. The fourth-order valence-corrected chi connectivity index (χ4v) is 1.54. The van der Waals surface area contributed by atoms with E-state index in [1.165, 1.54) is 6.07 Å². The van der Waals surface area contributed by atoms with Crippen molar-refractivity contribution in [1.82, 2.24) is 4.98 Å². The molecule has 1 aromatic carbocycles. The van der Waals surface area contributed by atoms with E-state index in [1.807, 2.05) is 12.1 Å². The van der Waals surface area contributed by atoms with Crippen LogP contribution in [-0.4, -0.2) is 4.98 Å². The van der Waals surface area contributed by atoms with E-state index in [1.54, 1.807) is 25.3 Å². The van der Waals surface area contributed by atoms with Gasteiger partial charge in [-0.15, -0.1) is 0 Å². The molecule has 0 aliphatic heterocycles. The van der Waals surface area contributed by atoms with Crippen LogP contribution in [0.15, 0.2) is 36.5 Å². The maximum Gasteiger partial charge on any atom is 0.126 e. The van der Waals surface area contributed by atoms with Gasteiger partial charge in [0.25, 0.3) is 0 Å². The lowest BCUT2D eigenvalue weighted by Gasteiger charge is -2.06. The number of hydrogen-bond donors (Lipinski definition) is 1. The average molecular weight is 202 g/mol. The Hall–Kier alpha value is -1.90. The summed E-state index contributed by atoms with van der Waals surface area (Å²) in [6, 6.07) is 8.56. The zero-order chi connectivity index (χ0) is 10.8. The summed E-state index contributed by atoms with van der Waals surface area (Å²) in [7, 11) is 0. The van der Waals surface area contributed by atoms with Crippen molar-refractivity contribution in [1.29, 1.82) is 0 Å². The first kappa shape index (κ1) is 9.65. The van der Waals surface area contributed by atoms with Gasteiger partial charge in [-0.05, 0) is 41.8 Å². The highest BCUT2D eigenvalue weighted by Crippen LogP contribution is 2.25. The SMILES string of the molecule is Cc1c(F)cccc1-c1ccnc(N)c1. The van der Waals surface area contributed by atoms with Crippen LogP contribution in [0.1, 0.15) is 5.56 Å². The first-order chi connectivity index (χ1) is 7.18. The molecule has 0 aliphatic carbocycles. The van der Waals surface area contributed by atoms with Crippen LogP contribution >= 0.6 is 0 Å². The molecule has 0 unspecified atom stereocenters. The maximum atomic E-state index is 13.3. The Kier molecular flexibility index (Phi) is 2.37. The van der Waals surface area contributed by atoms with E-state index in [0.29, 0.717) is 11.4 Å². The Morgan fingerprint density at radius 1 is 1.27 bits per heavy atom. The molecule has 2 aromatic rings. The van der Waals surface area contributed by atoms with E-state index < -0.39 is 0 Å². The van der Waals surface area contributed by atoms with E-state index >= 15 is 0 Å². The van der Waals surface area contributed by atoms with Crippen molar-refractivity contribution in [3.8, 4) is 11.1 Å². The Morgan fingerprint density at radius 3 is 2.80 bits per heavy atom. The highest BCUT2D eigenvalue weighted by Gasteiger charge is 2.05. The van der Waals surface area contributed by atoms with Crippen molar-refractivity contribution in [2.45, 2.75) is 6.92 Å². The van der Waals surface area contributed by atoms with Crippen molar-refractivity contribution >= 4 is 5.82 Å². The van der Waals surface area contributed by atoms with Crippen LogP contribution in [0.5, 0.6) is 0 Å². The molecule has 76 valence electrons. The predicted molar refractivity (Wildman–Crippen MR) is 58.8 cm³/mol. The van der Waals surface area contributed by atoms with Crippen LogP contribution in [0.3, 0.4) is 0 Å². The van der Waals surface area contributed by atoms with Crippen molar-refractivity contribution in [2.75, 3.05) is 5.73 Å². The number of anilines is 1. The van der Waals surface area contributed by atoms with Crippen molar-refractivity contribution in [2.24, 2.45) is 0 Å². The van der Waals surface area contributed by atoms with Crippen LogP contribution < -0.4 is 5.73 Å². The van der Waals surface area contributed by atoms with Crippen LogP contribution in [0.25, 0.3) is 11.1 Å². The minimum atomic E-state index is -0.206. The van der Waals surface area contributed by atoms with Gasteiger partial charge < -0.3 is 5.73 Å². The molecule has 0 amide bonds. The summed E-state index contributed by atoms with van der Waals surface area (Å²) in [6.07, 6.45) is 1.62. The van der Waals surface area contributed by atoms with Crippen molar-refractivity contribution in [3.63, 3.8) is 0 Å². The summed E-state index contributed by atoms with van der Waals surface area (Å²) in [5.74, 6) is 0.235. The van der Waals surface area contributed by atoms with Gasteiger partial charge in [-0.1, -0.05) is 12.1 Å². The fraction of sp³-hybridized carbons (Fsp3) is 0.0833. The molecule has 1 aromatic heterocycles. The van der Waals surface area contributed by atoms with Crippen molar-refractivity contribution < 1.29 is 4.39 Å². The van der Waals surface area contributed by atoms with Gasteiger partial charge in [0.15, 0.2) is 0 Å². The third-order valence-corrected chi connectivity index (χ3v) is 2.36. The summed E-state index contributed by atoms with van der Waals surface area (Å²) >= 11 is 0. The molecule has 15 heavy (non-hydrogen) atoms. The van der Waals surface area contributed by atoms with E-state index in [-0.39, 0.29) is 5.82 Å². The number of pyridine rings is 1. The van der Waals surface area contributed by atoms with E-state index in [4.69, 9.17) is 5.73 Å². The summed E-state index contributed by atoms with van der Waals surface area (Å²) in [6.45, 7) is 1.75. The lowest BCUT2D eigenvalue weighted by atomic mass is 10.0. The molecule has 1 heterocycles. The molecule has 0 spiro atoms. The normalized spacial score (nSPS) is 10.3. The zero-order valence-electron chi connectivity index (χ0n) is 8.37. The first-order valence-corrected chi connectivity index (χ1v) is 4.65. The molecular weight excluding hydrogens is 191 g/mol. The number of nitrogen functional groups attached to an aromatic ring is 1. The molecule has 0 saturated heterocycles. The summed E-state index contributed by atoms with van der Waals surface area (Å²) < 4.78 is 13.3. The topological polar surface area (TPSA) is 38.9 Å². The number of aromatic nitrogens is 1. The summed E-state index contributed by atoms with van der Waals surface area (Å²) in [5, 5.41) is 0. The Balaban J connectivity index is 2.59. The first-order valence-electron chi connectivity index (χ1n) is 4.65. The minimum absolute atomic E-state index is 0.206. The van der Waals surface area contributed by atoms with Crippen molar-refractivity contribution in [3.05, 3.63) is 47.9 Å². The second-order valence-electron chi connectivity index (χ2n) is 3.38. The lowest BCUT2D eigenvalue weighted by molar-refractivity contribution is 0.619. The van der Waals surface area contributed by atoms with E-state index in [9.17, 15) is 4.39 Å². The quantitative estimate of drug-likeness (QED) is 0.772. The lowest BCUT2D eigenvalue weighted by Crippen LogP contribution is -1.92. The highest BCUT2D eigenvalue weighted by atomic mass is 19.1. The Bertz CT molecular complexity index is 495. The van der Waals surface area contributed by atoms with Crippen LogP contribution in [-0.2, 0) is 0 Å². The fourth-order valence-electron chi connectivity index (χ4n) is 1.54. The Labute approximate surface area is 87.6 Å². The monoisotopic (exact) mass is 202 g/mol. The second kappa shape index (κ2) is 3.69. The molecule has 0 saturated carbocycles. The molecule has 3 heteroatoms. The average Bonchev–Trinajstić information content (AvgIpc) is 2.22. The number of nitrogens with zero attached hydrogens (tertiary/aromatic N) is 1. The van der Waals surface area contributed by atoms with Gasteiger partial charge in [-0.25, -0.2) is 9.37 Å². The van der Waals surface area contributed by atoms with Gasteiger partial charge in [0, 0.05) is 6.20 Å². The van der Waals surface area contributed by atoms with E-state index in [0.717, 1.165) is 11.1 Å². The molecule has 0 atom stereocenters. The molecule has 2 N–H and O–H groups in total. The highest BCUT2D eigenvalue weighted by molar-refractivity contribution is 5.68. The summed E-state index contributed by atoms with van der Waals surface area (Å²) in [4.78, 5) is 3.90. The molecule has 0 fully saturated rings. The molecular formula is C12H11FN2. The maximum absolute atomic E-state index is 13.3. The van der Waals surface area contributed by atoms with Gasteiger partial charge in [0.1, 0.15) is 11.6 Å². The number of benzene rings is 1. The van der Waals surface area contributed by atoms with Gasteiger partial charge in [0.2, 0.25) is 0 Å². The van der Waals surface area contributed by atoms with Gasteiger partial charge >= 0.3 is 0 Å². The zero-order valence-corrected chi connectivity index (χ0v) is 8.37. The smallest absolute Gasteiger partial charge is 0.126 e. The standard InChI is InChI=1S/C12H11FN2/c1-8-10(3-2-4-11(8)13)9-5-6-15-12(14)7-9/h2-7H,1H3,(H2,14,15). The van der Waals surface area contributed by atoms with Gasteiger partial charge in [-0.3, -0.25) is 0 Å². The molecule has 0 radical (unpaired) electrons. The molecule has 0 bridgehead atoms. The Morgan fingerprint density at radius 2 is 2.07 bits per heavy atom.